The number of benzene rings is 3. The van der Waals surface area contributed by atoms with Crippen molar-refractivity contribution in [1.82, 2.24) is 20.9 Å². The van der Waals surface area contributed by atoms with Crippen molar-refractivity contribution < 1.29 is 44.1 Å². The van der Waals surface area contributed by atoms with Gasteiger partial charge in [-0.05, 0) is 117 Å². The molecule has 4 rings (SSSR count). The summed E-state index contributed by atoms with van der Waals surface area (Å²) in [5, 5.41) is 36.7. The third-order valence-electron chi connectivity index (χ3n) is 10.9. The maximum absolute atomic E-state index is 12.4. The molecule has 356 valence electrons. The van der Waals surface area contributed by atoms with Crippen molar-refractivity contribution in [2.75, 3.05) is 26.7 Å². The Balaban J connectivity index is 0.000000423. The number of nitrogens with one attached hydrogen (secondary N) is 3. The van der Waals surface area contributed by atoms with Gasteiger partial charge in [-0.2, -0.15) is 0 Å². The highest BCUT2D eigenvalue weighted by Crippen LogP contribution is 2.44. The summed E-state index contributed by atoms with van der Waals surface area (Å²) in [4.78, 5) is 71.8. The number of aromatic hydroxyl groups is 1. The van der Waals surface area contributed by atoms with Crippen LogP contribution >= 0.6 is 8.86 Å². The van der Waals surface area contributed by atoms with Gasteiger partial charge in [0.15, 0.2) is 0 Å². The van der Waals surface area contributed by atoms with Crippen molar-refractivity contribution in [2.24, 2.45) is 17.2 Å². The molecule has 3 aromatic carbocycles. The van der Waals surface area contributed by atoms with E-state index >= 15 is 0 Å². The minimum atomic E-state index is -1.14. The van der Waals surface area contributed by atoms with E-state index in [1.807, 2.05) is 37.3 Å². The predicted octanol–water partition coefficient (Wildman–Crippen LogP) is 4.46. The number of carbonyl (C=O) groups is 6. The second kappa shape index (κ2) is 29.0. The summed E-state index contributed by atoms with van der Waals surface area (Å²) < 4.78 is 0. The van der Waals surface area contributed by atoms with E-state index in [9.17, 15) is 44.1 Å². The number of hydrogen-bond donors (Lipinski definition) is 9. The number of nitrogens with zero attached hydrogens (tertiary/aromatic N) is 1. The number of carboxylic acid groups (broad SMARTS) is 1. The largest absolute Gasteiger partial charge is 0.507 e. The van der Waals surface area contributed by atoms with Gasteiger partial charge in [-0.15, -0.1) is 8.86 Å². The summed E-state index contributed by atoms with van der Waals surface area (Å²) in [6, 6.07) is 14.9. The molecule has 0 heterocycles. The monoisotopic (exact) mass is 919 g/mol. The molecule has 65 heavy (non-hydrogen) atoms. The van der Waals surface area contributed by atoms with Crippen molar-refractivity contribution in [3.8, 4) is 16.9 Å². The molecule has 17 heteroatoms. The molecule has 0 radical (unpaired) electrons. The first kappa shape index (κ1) is 55.5. The van der Waals surface area contributed by atoms with Crippen molar-refractivity contribution in [3.63, 3.8) is 0 Å². The second-order valence-corrected chi connectivity index (χ2v) is 16.9. The van der Waals surface area contributed by atoms with Crippen LogP contribution in [0.1, 0.15) is 130 Å². The van der Waals surface area contributed by atoms with Crippen LogP contribution in [0, 0.1) is 0 Å². The van der Waals surface area contributed by atoms with Gasteiger partial charge in [0.25, 0.3) is 5.91 Å². The van der Waals surface area contributed by atoms with Gasteiger partial charge >= 0.3 is 5.97 Å². The number of nitrogens with two attached hydrogens (primary N) is 3. The number of hydrogen-bond acceptors (Lipinski definition) is 9. The molecular formula is C48H70N7O9P. The van der Waals surface area contributed by atoms with E-state index in [2.05, 4.69) is 38.7 Å². The van der Waals surface area contributed by atoms with Crippen LogP contribution in [-0.2, 0) is 36.8 Å². The fraction of sp³-hybridized carbons (Fsp3) is 0.479. The molecule has 0 aliphatic heterocycles. The van der Waals surface area contributed by atoms with Crippen LogP contribution < -0.4 is 33.2 Å². The van der Waals surface area contributed by atoms with Crippen molar-refractivity contribution in [3.05, 3.63) is 88.5 Å². The van der Waals surface area contributed by atoms with Gasteiger partial charge in [-0.1, -0.05) is 76.3 Å². The number of likely N-dealkylation sites (N-methyl/N-ethyl adjacent to an activating group) is 1. The minimum Gasteiger partial charge on any atom is -0.507 e. The van der Waals surface area contributed by atoms with E-state index in [0.717, 1.165) is 60.8 Å². The first-order valence-electron chi connectivity index (χ1n) is 22.2. The van der Waals surface area contributed by atoms with Crippen LogP contribution in [-0.4, -0.2) is 100.0 Å². The molecule has 12 N–H and O–H groups in total. The molecule has 0 aromatic heterocycles. The number of carbonyl (C=O) groups excluding carboxylic acids is 5. The number of aliphatic hydroxyl groups excluding tert-OH is 1. The number of carboxylic acids is 1. The number of amides is 5. The van der Waals surface area contributed by atoms with Gasteiger partial charge in [0.05, 0.1) is 13.2 Å². The lowest BCUT2D eigenvalue weighted by Gasteiger charge is -2.30. The predicted molar refractivity (Wildman–Crippen MR) is 257 cm³/mol. The normalized spacial score (nSPS) is 13.3. The Morgan fingerprint density at radius 2 is 1.48 bits per heavy atom. The van der Waals surface area contributed by atoms with Gasteiger partial charge in [0.1, 0.15) is 23.9 Å². The van der Waals surface area contributed by atoms with Gasteiger partial charge in [-0.25, -0.2) is 4.79 Å². The standard InChI is InChI=1S/C26H32N3O5P.C18H27N3O4.C4H11N/c1-14(30)28-22(26(33)34)12-16-7-10-23(31)21(11-16)20-13-18(8-9-19(20)17-5-4-6-17)24(25(27)32)29(3)15(2)35;1-2-3-4-5-6-13-7-9-14(10-8-13)17(24)21-15(12-22)18(25)20-11-16(19)23;1-2-3-4-5/h7-11,13,17,22,24,31,35H,4-6,12H2,1-3H3,(H2,27,32)(H,28,30)(H,33,34);7-10,15,22H,2-6,11-12H2,1H3,(H2,19,23)(H,20,25)(H,21,24);2-5H2,1H3. The highest BCUT2D eigenvalue weighted by atomic mass is 31.0. The minimum absolute atomic E-state index is 0.0460. The van der Waals surface area contributed by atoms with Crippen LogP contribution in [0.4, 0.5) is 0 Å². The number of aliphatic carboxylic acids is 1. The van der Waals surface area contributed by atoms with E-state index in [0.29, 0.717) is 28.2 Å². The van der Waals surface area contributed by atoms with Crippen LogP contribution in [0.25, 0.3) is 11.1 Å². The lowest BCUT2D eigenvalue weighted by molar-refractivity contribution is -0.141. The van der Waals surface area contributed by atoms with Crippen LogP contribution in [0.3, 0.4) is 0 Å². The second-order valence-electron chi connectivity index (χ2n) is 16.2. The Morgan fingerprint density at radius 1 is 0.831 bits per heavy atom. The summed E-state index contributed by atoms with van der Waals surface area (Å²) in [6.07, 6.45) is 11.3. The Kier molecular flexibility index (Phi) is 24.7. The van der Waals surface area contributed by atoms with Crippen molar-refractivity contribution >= 4 is 49.8 Å². The van der Waals surface area contributed by atoms with E-state index in [4.69, 9.17) is 17.2 Å². The number of rotatable bonds is 23. The number of aryl methyl sites for hydroxylation is 1. The number of primary amides is 2. The SMILES string of the molecule is CC(=O)NC(Cc1ccc(O)c(-c2cc(C(C(N)=O)N(C)C(C)=P)ccc2C2CCC2)c1)C(=O)O.CCCCCCc1ccc(C(=O)NC(CO)C(=O)NCC(N)=O)cc1.CCCCN. The zero-order valence-electron chi connectivity index (χ0n) is 38.5. The smallest absolute Gasteiger partial charge is 0.326 e. The fourth-order valence-corrected chi connectivity index (χ4v) is 7.08. The molecule has 3 aromatic rings. The molecular weight excluding hydrogens is 850 g/mol. The number of aliphatic hydroxyl groups is 1. The molecule has 3 unspecified atom stereocenters. The van der Waals surface area contributed by atoms with Gasteiger partial charge < -0.3 is 48.5 Å². The molecule has 0 saturated heterocycles. The van der Waals surface area contributed by atoms with Crippen molar-refractivity contribution in [2.45, 2.75) is 122 Å². The molecule has 16 nitrogen and oxygen atoms in total. The topological polar surface area (TPSA) is 280 Å². The average molecular weight is 920 g/mol. The fourth-order valence-electron chi connectivity index (χ4n) is 6.95. The molecule has 0 bridgehead atoms. The molecule has 1 aliphatic carbocycles. The van der Waals surface area contributed by atoms with E-state index in [-0.39, 0.29) is 18.7 Å². The summed E-state index contributed by atoms with van der Waals surface area (Å²) in [6.45, 7) is 7.31. The molecule has 3 atom stereocenters. The zero-order valence-corrected chi connectivity index (χ0v) is 39.5. The first-order chi connectivity index (χ1) is 30.9. The summed E-state index contributed by atoms with van der Waals surface area (Å²) >= 11 is 0. The lowest BCUT2D eigenvalue weighted by Crippen LogP contribution is -2.50. The summed E-state index contributed by atoms with van der Waals surface area (Å²) in [7, 11) is 5.24. The maximum atomic E-state index is 12.4. The highest BCUT2D eigenvalue weighted by molar-refractivity contribution is 7.20. The Bertz CT molecular complexity index is 2060. The first-order valence-corrected chi connectivity index (χ1v) is 22.7. The van der Waals surface area contributed by atoms with Gasteiger partial charge in [-0.3, -0.25) is 28.9 Å². The summed E-state index contributed by atoms with van der Waals surface area (Å²) in [5.74, 6) is -3.53. The molecule has 1 saturated carbocycles. The third-order valence-corrected chi connectivity index (χ3v) is 11.3. The quantitative estimate of drug-likeness (QED) is 0.0473. The van der Waals surface area contributed by atoms with Crippen LogP contribution in [0.2, 0.25) is 0 Å². The van der Waals surface area contributed by atoms with Gasteiger partial charge in [0.2, 0.25) is 23.6 Å². The average Bonchev–Trinajstić information content (AvgIpc) is 3.24. The lowest BCUT2D eigenvalue weighted by atomic mass is 9.76. The summed E-state index contributed by atoms with van der Waals surface area (Å²) in [5.41, 5.74) is 21.8. The number of phenolic OH excluding ortho intramolecular Hbond substituents is 1. The maximum Gasteiger partial charge on any atom is 0.326 e. The third kappa shape index (κ3) is 18.8. The number of phenols is 1. The Morgan fingerprint density at radius 3 is 1.97 bits per heavy atom. The van der Waals surface area contributed by atoms with E-state index in [1.165, 1.54) is 45.1 Å². The van der Waals surface area contributed by atoms with E-state index < -0.39 is 60.2 Å². The van der Waals surface area contributed by atoms with E-state index in [1.54, 1.807) is 36.2 Å². The van der Waals surface area contributed by atoms with Crippen molar-refractivity contribution in [1.29, 1.82) is 0 Å². The molecule has 1 aliphatic rings. The Hall–Kier alpha value is -5.67. The molecule has 1 fully saturated rings. The number of unbranched alkanes of at least 4 members (excludes halogenated alkanes) is 4. The van der Waals surface area contributed by atoms with Crippen LogP contribution in [0.5, 0.6) is 5.75 Å². The van der Waals surface area contributed by atoms with Gasteiger partial charge in [0, 0.05) is 29.9 Å². The highest BCUT2D eigenvalue weighted by Gasteiger charge is 2.29. The molecule has 5 amide bonds. The molecule has 0 spiro atoms. The zero-order chi connectivity index (χ0) is 48.6. The van der Waals surface area contributed by atoms with Crippen LogP contribution in [0.15, 0.2) is 60.7 Å². The Labute approximate surface area is 385 Å².